The van der Waals surface area contributed by atoms with Crippen LogP contribution < -0.4 is 0 Å². The van der Waals surface area contributed by atoms with Crippen LogP contribution in [0.3, 0.4) is 0 Å². The van der Waals surface area contributed by atoms with Gasteiger partial charge in [0.05, 0.1) is 31.8 Å². The summed E-state index contributed by atoms with van der Waals surface area (Å²) < 4.78 is 5.23. The fourth-order valence-electron chi connectivity index (χ4n) is 1.53. The van der Waals surface area contributed by atoms with Crippen LogP contribution in [-0.2, 0) is 14.4 Å². The molecule has 0 amide bonds. The minimum absolute atomic E-state index is 0.00954. The molecule has 0 unspecified atom stereocenters. The Morgan fingerprint density at radius 2 is 2.36 bits per heavy atom. The van der Waals surface area contributed by atoms with E-state index in [4.69, 9.17) is 9.57 Å². The summed E-state index contributed by atoms with van der Waals surface area (Å²) in [5.74, 6) is 0.00954. The Hall–Kier alpha value is -0.450. The first kappa shape index (κ1) is 7.21. The average molecular weight is 157 g/mol. The molecule has 2 heterocycles. The lowest BCUT2D eigenvalue weighted by Gasteiger charge is -2.28. The number of aldehydes is 1. The van der Waals surface area contributed by atoms with Crippen molar-refractivity contribution in [2.24, 2.45) is 5.92 Å². The van der Waals surface area contributed by atoms with Gasteiger partial charge in [-0.25, -0.2) is 0 Å². The van der Waals surface area contributed by atoms with Crippen molar-refractivity contribution in [3.8, 4) is 0 Å². The zero-order chi connectivity index (χ0) is 7.68. The van der Waals surface area contributed by atoms with Crippen LogP contribution in [0, 0.1) is 5.92 Å². The molecule has 2 rings (SSSR count). The molecule has 2 aliphatic heterocycles. The van der Waals surface area contributed by atoms with Gasteiger partial charge < -0.3 is 9.53 Å². The van der Waals surface area contributed by atoms with E-state index in [0.29, 0.717) is 19.8 Å². The first-order valence-corrected chi connectivity index (χ1v) is 3.84. The molecule has 0 radical (unpaired) electrons. The molecule has 0 bridgehead atoms. The topological polar surface area (TPSA) is 38.8 Å². The van der Waals surface area contributed by atoms with Crippen molar-refractivity contribution in [1.29, 1.82) is 0 Å². The van der Waals surface area contributed by atoms with Gasteiger partial charge in [0.25, 0.3) is 0 Å². The normalized spacial score (nSPS) is 38.5. The van der Waals surface area contributed by atoms with Gasteiger partial charge in [0.1, 0.15) is 6.29 Å². The summed E-state index contributed by atoms with van der Waals surface area (Å²) in [5.41, 5.74) is 0. The summed E-state index contributed by atoms with van der Waals surface area (Å²) in [7, 11) is 0. The summed E-state index contributed by atoms with van der Waals surface area (Å²) in [5, 5.41) is 1.86. The van der Waals surface area contributed by atoms with Crippen molar-refractivity contribution < 1.29 is 14.4 Å². The Labute approximate surface area is 65.0 Å². The van der Waals surface area contributed by atoms with E-state index >= 15 is 0 Å². The van der Waals surface area contributed by atoms with Gasteiger partial charge in [0.2, 0.25) is 0 Å². The number of rotatable bonds is 1. The lowest BCUT2D eigenvalue weighted by atomic mass is 10.0. The van der Waals surface area contributed by atoms with E-state index in [9.17, 15) is 4.79 Å². The van der Waals surface area contributed by atoms with Gasteiger partial charge in [-0.1, -0.05) is 0 Å². The number of hydrogen-bond donors (Lipinski definition) is 0. The number of hydroxylamine groups is 2. The highest BCUT2D eigenvalue weighted by molar-refractivity contribution is 5.55. The van der Waals surface area contributed by atoms with Crippen LogP contribution in [0.25, 0.3) is 0 Å². The van der Waals surface area contributed by atoms with Crippen molar-refractivity contribution in [3.05, 3.63) is 0 Å². The Morgan fingerprint density at radius 1 is 1.45 bits per heavy atom. The van der Waals surface area contributed by atoms with Crippen LogP contribution >= 0.6 is 0 Å². The van der Waals surface area contributed by atoms with E-state index in [1.807, 2.05) is 5.06 Å². The maximum absolute atomic E-state index is 10.5. The molecular formula is C7H11NO3. The molecule has 0 saturated carbocycles. The molecule has 2 aliphatic rings. The van der Waals surface area contributed by atoms with Crippen LogP contribution in [0.2, 0.25) is 0 Å². The van der Waals surface area contributed by atoms with Crippen molar-refractivity contribution >= 4 is 6.29 Å². The van der Waals surface area contributed by atoms with E-state index in [1.165, 1.54) is 0 Å². The van der Waals surface area contributed by atoms with Crippen LogP contribution in [0.15, 0.2) is 0 Å². The summed E-state index contributed by atoms with van der Waals surface area (Å²) in [6, 6.07) is 0.168. The molecule has 4 heteroatoms. The number of fused-ring (bicyclic) bond motifs is 1. The first-order valence-electron chi connectivity index (χ1n) is 3.84. The maximum Gasteiger partial charge on any atom is 0.127 e. The lowest BCUT2D eigenvalue weighted by molar-refractivity contribution is -0.175. The Kier molecular flexibility index (Phi) is 1.89. The number of ether oxygens (including phenoxy) is 1. The van der Waals surface area contributed by atoms with E-state index in [2.05, 4.69) is 0 Å². The van der Waals surface area contributed by atoms with Gasteiger partial charge in [0, 0.05) is 6.54 Å². The molecule has 4 nitrogen and oxygen atoms in total. The standard InChI is InChI=1S/C7H11NO3/c9-3-6-4-11-8-1-2-10-5-7(6)8/h3,6-7H,1-2,4-5H2/t6-,7-/m1/s1. The molecule has 11 heavy (non-hydrogen) atoms. The maximum atomic E-state index is 10.5. The highest BCUT2D eigenvalue weighted by Gasteiger charge is 2.37. The second kappa shape index (κ2) is 2.89. The summed E-state index contributed by atoms with van der Waals surface area (Å²) in [6.45, 7) is 2.65. The molecule has 0 aromatic heterocycles. The Balaban J connectivity index is 2.03. The summed E-state index contributed by atoms with van der Waals surface area (Å²) in [4.78, 5) is 15.8. The second-order valence-corrected chi connectivity index (χ2v) is 2.88. The number of carbonyl (C=O) groups excluding carboxylic acids is 1. The predicted molar refractivity (Wildman–Crippen MR) is 36.8 cm³/mol. The summed E-state index contributed by atoms with van der Waals surface area (Å²) in [6.07, 6.45) is 0.958. The Bertz CT molecular complexity index is 162. The average Bonchev–Trinajstić information content (AvgIpc) is 2.47. The van der Waals surface area contributed by atoms with E-state index in [0.717, 1.165) is 12.8 Å². The fourth-order valence-corrected chi connectivity index (χ4v) is 1.53. The zero-order valence-corrected chi connectivity index (χ0v) is 6.23. The van der Waals surface area contributed by atoms with Gasteiger partial charge in [-0.15, -0.1) is 0 Å². The minimum atomic E-state index is 0.00954. The molecule has 0 aromatic carbocycles. The smallest absolute Gasteiger partial charge is 0.127 e. The zero-order valence-electron chi connectivity index (χ0n) is 6.23. The molecule has 2 fully saturated rings. The molecule has 2 atom stereocenters. The molecule has 0 aliphatic carbocycles. The van der Waals surface area contributed by atoms with E-state index in [1.54, 1.807) is 0 Å². The van der Waals surface area contributed by atoms with Gasteiger partial charge in [-0.3, -0.25) is 4.84 Å². The minimum Gasteiger partial charge on any atom is -0.378 e. The van der Waals surface area contributed by atoms with Crippen LogP contribution in [0.4, 0.5) is 0 Å². The second-order valence-electron chi connectivity index (χ2n) is 2.88. The molecule has 0 N–H and O–H groups in total. The first-order chi connectivity index (χ1) is 5.42. The highest BCUT2D eigenvalue weighted by Crippen LogP contribution is 2.22. The molecular weight excluding hydrogens is 146 g/mol. The third kappa shape index (κ3) is 1.17. The van der Waals surface area contributed by atoms with Crippen LogP contribution in [-0.4, -0.2) is 43.8 Å². The largest absolute Gasteiger partial charge is 0.378 e. The molecule has 2 saturated heterocycles. The number of carbonyl (C=O) groups is 1. The molecule has 0 aromatic rings. The fraction of sp³-hybridized carbons (Fsp3) is 0.857. The van der Waals surface area contributed by atoms with Gasteiger partial charge in [-0.05, 0) is 0 Å². The van der Waals surface area contributed by atoms with Crippen LogP contribution in [0.5, 0.6) is 0 Å². The monoisotopic (exact) mass is 157 g/mol. The molecule has 62 valence electrons. The third-order valence-corrected chi connectivity index (χ3v) is 2.22. The SMILES string of the molecule is O=C[C@@H]1CON2CCOC[C@H]12. The van der Waals surface area contributed by atoms with Crippen molar-refractivity contribution in [3.63, 3.8) is 0 Å². The van der Waals surface area contributed by atoms with E-state index in [-0.39, 0.29) is 12.0 Å². The number of nitrogens with zero attached hydrogens (tertiary/aromatic N) is 1. The number of morpholine rings is 1. The third-order valence-electron chi connectivity index (χ3n) is 2.22. The van der Waals surface area contributed by atoms with Crippen LogP contribution in [0.1, 0.15) is 0 Å². The van der Waals surface area contributed by atoms with E-state index < -0.39 is 0 Å². The van der Waals surface area contributed by atoms with Gasteiger partial charge in [-0.2, -0.15) is 5.06 Å². The van der Waals surface area contributed by atoms with Crippen molar-refractivity contribution in [1.82, 2.24) is 5.06 Å². The van der Waals surface area contributed by atoms with Crippen molar-refractivity contribution in [2.75, 3.05) is 26.4 Å². The molecule has 0 spiro atoms. The number of hydrogen-bond acceptors (Lipinski definition) is 4. The quantitative estimate of drug-likeness (QED) is 0.479. The highest BCUT2D eigenvalue weighted by atomic mass is 16.7. The summed E-state index contributed by atoms with van der Waals surface area (Å²) >= 11 is 0. The van der Waals surface area contributed by atoms with Crippen molar-refractivity contribution in [2.45, 2.75) is 6.04 Å². The Morgan fingerprint density at radius 3 is 3.18 bits per heavy atom. The lowest BCUT2D eigenvalue weighted by Crippen LogP contribution is -2.43. The predicted octanol–water partition coefficient (Wildman–Crippen LogP) is -0.553. The van der Waals surface area contributed by atoms with Gasteiger partial charge in [0.15, 0.2) is 0 Å². The van der Waals surface area contributed by atoms with Gasteiger partial charge >= 0.3 is 0 Å².